The van der Waals surface area contributed by atoms with Crippen molar-refractivity contribution in [3.8, 4) is 0 Å². The van der Waals surface area contributed by atoms with Gasteiger partial charge < -0.3 is 10.3 Å². The Hall–Kier alpha value is -1.88. The number of hydrogen-bond donors (Lipinski definition) is 2. The molecule has 134 valence electrons. The number of benzene rings is 1. The highest BCUT2D eigenvalue weighted by Gasteiger charge is 2.28. The van der Waals surface area contributed by atoms with Crippen LogP contribution in [0, 0.1) is 16.0 Å². The second-order valence-electron chi connectivity index (χ2n) is 7.74. The molecule has 2 aliphatic rings. The van der Waals surface area contributed by atoms with Gasteiger partial charge in [-0.05, 0) is 62.5 Å². The third kappa shape index (κ3) is 3.17. The fourth-order valence-corrected chi connectivity index (χ4v) is 4.75. The van der Waals surface area contributed by atoms with Crippen LogP contribution in [0.3, 0.4) is 0 Å². The summed E-state index contributed by atoms with van der Waals surface area (Å²) in [6, 6.07) is 6.16. The minimum atomic E-state index is -0.302. The standard InChI is InChI=1S/C20H27N3O2/c1-2-13-6-8-14(9-7-13)21-19-5-3-4-16-17-12-15(23(24)25)10-11-18(17)22-20(16)19/h10-14,19,21-22H,2-9H2,1H3/t13?,14?,19-/m0/s1. The number of hydrogen-bond acceptors (Lipinski definition) is 3. The van der Waals surface area contributed by atoms with Crippen molar-refractivity contribution in [2.45, 2.75) is 70.4 Å². The van der Waals surface area contributed by atoms with E-state index in [-0.39, 0.29) is 10.6 Å². The highest BCUT2D eigenvalue weighted by molar-refractivity contribution is 5.87. The van der Waals surface area contributed by atoms with Crippen LogP contribution in [-0.4, -0.2) is 15.9 Å². The van der Waals surface area contributed by atoms with Gasteiger partial charge in [0.1, 0.15) is 0 Å². The van der Waals surface area contributed by atoms with Gasteiger partial charge in [0, 0.05) is 40.8 Å². The summed E-state index contributed by atoms with van der Waals surface area (Å²) >= 11 is 0. The van der Waals surface area contributed by atoms with Crippen LogP contribution in [0.15, 0.2) is 18.2 Å². The second kappa shape index (κ2) is 6.79. The summed E-state index contributed by atoms with van der Waals surface area (Å²) in [6.07, 6.45) is 9.84. The first-order chi connectivity index (χ1) is 12.2. The van der Waals surface area contributed by atoms with Crippen LogP contribution in [0.25, 0.3) is 10.9 Å². The van der Waals surface area contributed by atoms with Gasteiger partial charge in [-0.25, -0.2) is 0 Å². The lowest BCUT2D eigenvalue weighted by molar-refractivity contribution is -0.384. The predicted octanol–water partition coefficient (Wildman–Crippen LogP) is 5.01. The van der Waals surface area contributed by atoms with Crippen molar-refractivity contribution >= 4 is 16.6 Å². The summed E-state index contributed by atoms with van der Waals surface area (Å²) in [6.45, 7) is 2.30. The lowest BCUT2D eigenvalue weighted by Gasteiger charge is -2.33. The highest BCUT2D eigenvalue weighted by Crippen LogP contribution is 2.37. The van der Waals surface area contributed by atoms with E-state index in [1.54, 1.807) is 12.1 Å². The SMILES string of the molecule is CCC1CCC(N[C@H]2CCCc3c2[nH]c2ccc([N+](=O)[O-])cc32)CC1. The van der Waals surface area contributed by atoms with Crippen molar-refractivity contribution in [1.29, 1.82) is 0 Å². The molecular weight excluding hydrogens is 314 g/mol. The molecule has 0 radical (unpaired) electrons. The fourth-order valence-electron chi connectivity index (χ4n) is 4.75. The molecule has 4 rings (SSSR count). The molecule has 0 amide bonds. The number of nitrogens with one attached hydrogen (secondary N) is 2. The van der Waals surface area contributed by atoms with E-state index in [1.807, 2.05) is 6.07 Å². The molecule has 1 aromatic carbocycles. The van der Waals surface area contributed by atoms with Gasteiger partial charge in [0.2, 0.25) is 0 Å². The first-order valence-corrected chi connectivity index (χ1v) is 9.70. The Morgan fingerprint density at radius 3 is 2.76 bits per heavy atom. The number of aromatic nitrogens is 1. The van der Waals surface area contributed by atoms with Crippen molar-refractivity contribution in [2.24, 2.45) is 5.92 Å². The molecular formula is C20H27N3O2. The summed E-state index contributed by atoms with van der Waals surface area (Å²) in [4.78, 5) is 14.4. The summed E-state index contributed by atoms with van der Waals surface area (Å²) < 4.78 is 0. The van der Waals surface area contributed by atoms with E-state index in [4.69, 9.17) is 0 Å². The third-order valence-corrected chi connectivity index (χ3v) is 6.26. The van der Waals surface area contributed by atoms with Crippen LogP contribution in [0.2, 0.25) is 0 Å². The van der Waals surface area contributed by atoms with Crippen molar-refractivity contribution in [2.75, 3.05) is 0 Å². The molecule has 1 aromatic heterocycles. The molecule has 0 saturated heterocycles. The van der Waals surface area contributed by atoms with E-state index in [9.17, 15) is 10.1 Å². The Morgan fingerprint density at radius 2 is 2.04 bits per heavy atom. The lowest BCUT2D eigenvalue weighted by atomic mass is 9.83. The van der Waals surface area contributed by atoms with Crippen LogP contribution in [0.4, 0.5) is 5.69 Å². The summed E-state index contributed by atoms with van der Waals surface area (Å²) in [5.41, 5.74) is 3.75. The molecule has 2 aromatic rings. The number of nitro benzene ring substituents is 1. The normalized spacial score (nSPS) is 26.5. The minimum Gasteiger partial charge on any atom is -0.357 e. The third-order valence-electron chi connectivity index (χ3n) is 6.26. The molecule has 1 atom stereocenters. The van der Waals surface area contributed by atoms with Gasteiger partial charge in [-0.3, -0.25) is 10.1 Å². The monoisotopic (exact) mass is 341 g/mol. The van der Waals surface area contributed by atoms with Crippen molar-refractivity contribution in [3.63, 3.8) is 0 Å². The average molecular weight is 341 g/mol. The van der Waals surface area contributed by atoms with E-state index in [0.29, 0.717) is 12.1 Å². The van der Waals surface area contributed by atoms with Crippen LogP contribution in [0.5, 0.6) is 0 Å². The second-order valence-corrected chi connectivity index (χ2v) is 7.74. The van der Waals surface area contributed by atoms with Gasteiger partial charge >= 0.3 is 0 Å². The molecule has 1 fully saturated rings. The molecule has 0 spiro atoms. The molecule has 1 saturated carbocycles. The first-order valence-electron chi connectivity index (χ1n) is 9.70. The fraction of sp³-hybridized carbons (Fsp3) is 0.600. The number of nitrogens with zero attached hydrogens (tertiary/aromatic N) is 1. The van der Waals surface area contributed by atoms with Crippen LogP contribution < -0.4 is 5.32 Å². The number of fused-ring (bicyclic) bond motifs is 3. The average Bonchev–Trinajstić information content (AvgIpc) is 3.01. The predicted molar refractivity (Wildman–Crippen MR) is 99.8 cm³/mol. The van der Waals surface area contributed by atoms with Gasteiger partial charge in [0.05, 0.1) is 4.92 Å². The van der Waals surface area contributed by atoms with E-state index >= 15 is 0 Å². The Morgan fingerprint density at radius 1 is 1.24 bits per heavy atom. The van der Waals surface area contributed by atoms with Gasteiger partial charge in [0.25, 0.3) is 5.69 Å². The highest BCUT2D eigenvalue weighted by atomic mass is 16.6. The van der Waals surface area contributed by atoms with Crippen LogP contribution in [-0.2, 0) is 6.42 Å². The molecule has 0 unspecified atom stereocenters. The van der Waals surface area contributed by atoms with Gasteiger partial charge in [-0.1, -0.05) is 13.3 Å². The number of non-ortho nitro benzene ring substituents is 1. The summed E-state index contributed by atoms with van der Waals surface area (Å²) in [5.74, 6) is 0.911. The molecule has 2 N–H and O–H groups in total. The molecule has 2 aliphatic carbocycles. The molecule has 25 heavy (non-hydrogen) atoms. The number of aryl methyl sites for hydroxylation is 1. The van der Waals surface area contributed by atoms with E-state index in [1.165, 1.54) is 43.4 Å². The Bertz CT molecular complexity index is 775. The zero-order valence-electron chi connectivity index (χ0n) is 14.9. The number of aromatic amines is 1. The number of rotatable bonds is 4. The maximum atomic E-state index is 11.1. The van der Waals surface area contributed by atoms with Crippen molar-refractivity contribution in [1.82, 2.24) is 10.3 Å². The minimum absolute atomic E-state index is 0.183. The number of H-pyrrole nitrogens is 1. The number of nitro groups is 1. The van der Waals surface area contributed by atoms with Crippen LogP contribution >= 0.6 is 0 Å². The van der Waals surface area contributed by atoms with Crippen molar-refractivity contribution in [3.05, 3.63) is 39.6 Å². The molecule has 0 aliphatic heterocycles. The Balaban J connectivity index is 1.57. The summed E-state index contributed by atoms with van der Waals surface area (Å²) in [5, 5.41) is 16.0. The van der Waals surface area contributed by atoms with Crippen molar-refractivity contribution < 1.29 is 4.92 Å². The lowest BCUT2D eigenvalue weighted by Crippen LogP contribution is -2.37. The Kier molecular flexibility index (Phi) is 4.50. The van der Waals surface area contributed by atoms with E-state index in [0.717, 1.165) is 36.1 Å². The summed E-state index contributed by atoms with van der Waals surface area (Å²) in [7, 11) is 0. The van der Waals surface area contributed by atoms with E-state index < -0.39 is 0 Å². The van der Waals surface area contributed by atoms with Gasteiger partial charge in [-0.15, -0.1) is 0 Å². The zero-order chi connectivity index (χ0) is 17.4. The largest absolute Gasteiger partial charge is 0.357 e. The van der Waals surface area contributed by atoms with Gasteiger partial charge in [-0.2, -0.15) is 0 Å². The maximum Gasteiger partial charge on any atom is 0.270 e. The topological polar surface area (TPSA) is 71.0 Å². The molecule has 5 heteroatoms. The molecule has 0 bridgehead atoms. The first kappa shape index (κ1) is 16.6. The Labute approximate surface area is 148 Å². The maximum absolute atomic E-state index is 11.1. The molecule has 1 heterocycles. The molecule has 5 nitrogen and oxygen atoms in total. The van der Waals surface area contributed by atoms with Crippen LogP contribution in [0.1, 0.15) is 69.2 Å². The van der Waals surface area contributed by atoms with E-state index in [2.05, 4.69) is 17.2 Å². The van der Waals surface area contributed by atoms with Gasteiger partial charge in [0.15, 0.2) is 0 Å². The smallest absolute Gasteiger partial charge is 0.270 e. The zero-order valence-corrected chi connectivity index (χ0v) is 14.9. The quantitative estimate of drug-likeness (QED) is 0.606.